The van der Waals surface area contributed by atoms with Crippen molar-refractivity contribution in [1.82, 2.24) is 15.1 Å². The molecule has 21 heavy (non-hydrogen) atoms. The zero-order valence-electron chi connectivity index (χ0n) is 11.2. The van der Waals surface area contributed by atoms with Crippen molar-refractivity contribution in [1.29, 1.82) is 0 Å². The minimum Gasteiger partial charge on any atom is -0.322 e. The van der Waals surface area contributed by atoms with E-state index in [-0.39, 0.29) is 18.2 Å². The second kappa shape index (κ2) is 5.46. The van der Waals surface area contributed by atoms with E-state index in [1.165, 1.54) is 4.90 Å². The van der Waals surface area contributed by atoms with Gasteiger partial charge in [-0.3, -0.25) is 19.7 Å². The van der Waals surface area contributed by atoms with E-state index < -0.39 is 11.9 Å². The topological polar surface area (TPSA) is 78.5 Å². The third-order valence-electron chi connectivity index (χ3n) is 3.86. The predicted octanol–water partition coefficient (Wildman–Crippen LogP) is 0.691. The van der Waals surface area contributed by atoms with Crippen molar-refractivity contribution >= 4 is 29.5 Å². The van der Waals surface area contributed by atoms with Gasteiger partial charge in [0.2, 0.25) is 11.8 Å². The summed E-state index contributed by atoms with van der Waals surface area (Å²) in [5.41, 5.74) is 2.40. The Morgan fingerprint density at radius 1 is 1.33 bits per heavy atom. The molecule has 3 amide bonds. The van der Waals surface area contributed by atoms with Crippen molar-refractivity contribution in [3.63, 3.8) is 0 Å². The highest BCUT2D eigenvalue weighted by atomic mass is 35.5. The zero-order valence-corrected chi connectivity index (χ0v) is 11.9. The number of carbonyl (C=O) groups is 3. The van der Waals surface area contributed by atoms with Gasteiger partial charge in [-0.1, -0.05) is 12.1 Å². The fourth-order valence-electron chi connectivity index (χ4n) is 2.79. The van der Waals surface area contributed by atoms with Crippen LogP contribution in [-0.2, 0) is 22.7 Å². The molecule has 1 aromatic carbocycles. The molecule has 3 rings (SSSR count). The molecule has 1 fully saturated rings. The number of amides is 3. The first-order valence-corrected chi connectivity index (χ1v) is 7.08. The molecular weight excluding hydrogens is 294 g/mol. The van der Waals surface area contributed by atoms with Crippen molar-refractivity contribution in [3.8, 4) is 0 Å². The third kappa shape index (κ3) is 2.52. The number of hydrogen-bond acceptors (Lipinski definition) is 4. The molecule has 1 saturated heterocycles. The summed E-state index contributed by atoms with van der Waals surface area (Å²) in [6, 6.07) is 4.99. The molecule has 0 spiro atoms. The highest BCUT2D eigenvalue weighted by Gasteiger charge is 2.38. The van der Waals surface area contributed by atoms with Crippen LogP contribution in [-0.4, -0.2) is 28.7 Å². The van der Waals surface area contributed by atoms with Gasteiger partial charge in [0.05, 0.1) is 0 Å². The summed E-state index contributed by atoms with van der Waals surface area (Å²) < 4.78 is 0. The Morgan fingerprint density at radius 2 is 2.14 bits per heavy atom. The molecule has 6 nitrogen and oxygen atoms in total. The van der Waals surface area contributed by atoms with E-state index in [0.29, 0.717) is 25.1 Å². The Bertz CT molecular complexity index is 632. The Balaban J connectivity index is 1.83. The van der Waals surface area contributed by atoms with E-state index in [1.807, 2.05) is 12.1 Å². The summed E-state index contributed by atoms with van der Waals surface area (Å²) in [5.74, 6) is -0.846. The van der Waals surface area contributed by atoms with Gasteiger partial charge in [-0.2, -0.15) is 0 Å². The van der Waals surface area contributed by atoms with Crippen LogP contribution in [0, 0.1) is 0 Å². The van der Waals surface area contributed by atoms with Gasteiger partial charge < -0.3 is 4.90 Å². The Morgan fingerprint density at radius 3 is 2.86 bits per heavy atom. The zero-order chi connectivity index (χ0) is 15.0. The summed E-state index contributed by atoms with van der Waals surface area (Å²) in [7, 11) is 0. The summed E-state index contributed by atoms with van der Waals surface area (Å²) in [4.78, 5) is 39.6. The number of nitrogens with zero attached hydrogens (tertiary/aromatic N) is 1. The van der Waals surface area contributed by atoms with Crippen LogP contribution in [0.3, 0.4) is 0 Å². The minimum atomic E-state index is -0.572. The minimum absolute atomic E-state index is 0.170. The van der Waals surface area contributed by atoms with Crippen LogP contribution in [0.5, 0.6) is 0 Å². The molecule has 1 unspecified atom stereocenters. The standard InChI is InChI=1S/C14H14ClN3O3/c15-16-6-8-1-2-9-7-18(14(21)10(9)5-8)11-3-4-12(19)17-13(11)20/h1-2,5,11,16H,3-4,6-7H2,(H,17,19,20). The SMILES string of the molecule is O=C1CCC(N2Cc3ccc(CNCl)cc3C2=O)C(=O)N1. The predicted molar refractivity (Wildman–Crippen MR) is 75.2 cm³/mol. The lowest BCUT2D eigenvalue weighted by molar-refractivity contribution is -0.136. The summed E-state index contributed by atoms with van der Waals surface area (Å²) in [5, 5.41) is 2.29. The lowest BCUT2D eigenvalue weighted by Gasteiger charge is -2.29. The Kier molecular flexibility index (Phi) is 3.65. The van der Waals surface area contributed by atoms with Crippen LogP contribution in [0.25, 0.3) is 0 Å². The van der Waals surface area contributed by atoms with Crippen LogP contribution >= 0.6 is 11.8 Å². The lowest BCUT2D eigenvalue weighted by atomic mass is 10.0. The van der Waals surface area contributed by atoms with E-state index in [0.717, 1.165) is 11.1 Å². The maximum Gasteiger partial charge on any atom is 0.255 e. The first-order chi connectivity index (χ1) is 10.1. The van der Waals surface area contributed by atoms with Gasteiger partial charge in [-0.15, -0.1) is 0 Å². The molecule has 2 N–H and O–H groups in total. The smallest absolute Gasteiger partial charge is 0.255 e. The Hall–Kier alpha value is -1.92. The van der Waals surface area contributed by atoms with E-state index in [2.05, 4.69) is 10.2 Å². The molecule has 110 valence electrons. The van der Waals surface area contributed by atoms with Gasteiger partial charge in [0.1, 0.15) is 6.04 Å². The molecule has 1 aromatic rings. The van der Waals surface area contributed by atoms with Crippen molar-refractivity contribution < 1.29 is 14.4 Å². The third-order valence-corrected chi connectivity index (χ3v) is 4.00. The fourth-order valence-corrected chi connectivity index (χ4v) is 2.94. The monoisotopic (exact) mass is 307 g/mol. The van der Waals surface area contributed by atoms with Crippen LogP contribution in [0.1, 0.15) is 34.3 Å². The number of rotatable bonds is 3. The molecular formula is C14H14ClN3O3. The highest BCUT2D eigenvalue weighted by Crippen LogP contribution is 2.28. The van der Waals surface area contributed by atoms with Gasteiger partial charge in [0, 0.05) is 25.1 Å². The molecule has 1 atom stereocenters. The number of halogens is 1. The van der Waals surface area contributed by atoms with Crippen LogP contribution in [0.4, 0.5) is 0 Å². The molecule has 0 bridgehead atoms. The van der Waals surface area contributed by atoms with Crippen molar-refractivity contribution in [3.05, 3.63) is 34.9 Å². The molecule has 0 aliphatic carbocycles. The number of hydrogen-bond donors (Lipinski definition) is 2. The molecule has 0 radical (unpaired) electrons. The first kappa shape index (κ1) is 14.0. The van der Waals surface area contributed by atoms with Gasteiger partial charge in [-0.25, -0.2) is 4.84 Å². The summed E-state index contributed by atoms with van der Waals surface area (Å²) >= 11 is 5.48. The van der Waals surface area contributed by atoms with Crippen LogP contribution in [0.15, 0.2) is 18.2 Å². The maximum atomic E-state index is 12.5. The van der Waals surface area contributed by atoms with Crippen molar-refractivity contribution in [2.24, 2.45) is 0 Å². The molecule has 2 heterocycles. The number of piperidine rings is 1. The number of benzene rings is 1. The van der Waals surface area contributed by atoms with Crippen molar-refractivity contribution in [2.45, 2.75) is 32.0 Å². The molecule has 0 saturated carbocycles. The highest BCUT2D eigenvalue weighted by molar-refractivity contribution is 6.13. The number of fused-ring (bicyclic) bond motifs is 1. The summed E-state index contributed by atoms with van der Waals surface area (Å²) in [6.45, 7) is 0.857. The number of imide groups is 1. The Labute approximate surface area is 126 Å². The van der Waals surface area contributed by atoms with Crippen LogP contribution < -0.4 is 10.2 Å². The second-order valence-electron chi connectivity index (χ2n) is 5.20. The van der Waals surface area contributed by atoms with Gasteiger partial charge in [-0.05, 0) is 35.4 Å². The van der Waals surface area contributed by atoms with Gasteiger partial charge in [0.25, 0.3) is 5.91 Å². The summed E-state index contributed by atoms with van der Waals surface area (Å²) in [6.07, 6.45) is 0.637. The normalized spacial score (nSPS) is 21.5. The number of nitrogens with one attached hydrogen (secondary N) is 2. The van der Waals surface area contributed by atoms with Crippen LogP contribution in [0.2, 0.25) is 0 Å². The first-order valence-electron chi connectivity index (χ1n) is 6.70. The van der Waals surface area contributed by atoms with Gasteiger partial charge in [0.15, 0.2) is 0 Å². The lowest BCUT2D eigenvalue weighted by Crippen LogP contribution is -2.52. The van der Waals surface area contributed by atoms with E-state index in [9.17, 15) is 14.4 Å². The molecule has 2 aliphatic heterocycles. The van der Waals surface area contributed by atoms with E-state index in [4.69, 9.17) is 11.8 Å². The number of carbonyl (C=O) groups excluding carboxylic acids is 3. The van der Waals surface area contributed by atoms with E-state index >= 15 is 0 Å². The molecule has 7 heteroatoms. The maximum absolute atomic E-state index is 12.5. The van der Waals surface area contributed by atoms with Gasteiger partial charge >= 0.3 is 0 Å². The largest absolute Gasteiger partial charge is 0.322 e. The fraction of sp³-hybridized carbons (Fsp3) is 0.357. The van der Waals surface area contributed by atoms with Crippen molar-refractivity contribution in [2.75, 3.05) is 0 Å². The molecule has 2 aliphatic rings. The second-order valence-corrected chi connectivity index (χ2v) is 5.47. The quantitative estimate of drug-likeness (QED) is 0.636. The van der Waals surface area contributed by atoms with E-state index in [1.54, 1.807) is 6.07 Å². The average Bonchev–Trinajstić information content (AvgIpc) is 2.77. The average molecular weight is 308 g/mol. The molecule has 0 aromatic heterocycles.